The first-order valence-corrected chi connectivity index (χ1v) is 29.7. The predicted molar refractivity (Wildman–Crippen MR) is 361 cm³/mol. The third-order valence-corrected chi connectivity index (χ3v) is 15.4. The summed E-state index contributed by atoms with van der Waals surface area (Å²) in [4.78, 5) is 9.80. The average molecular weight is 1310 g/mol. The molecule has 3 aromatic heterocycles. The number of rotatable bonds is 17. The number of unbranched alkanes of at least 4 members (excludes halogenated alkanes) is 8. The van der Waals surface area contributed by atoms with Crippen molar-refractivity contribution in [1.82, 2.24) is 15.2 Å². The Bertz CT molecular complexity index is 3690. The molecule has 3 heterocycles. The molecule has 1 aliphatic carbocycles. The van der Waals surface area contributed by atoms with E-state index in [1.54, 1.807) is 17.6 Å². The Morgan fingerprint density at radius 3 is 1.78 bits per heavy atom. The number of aromatic nitrogens is 3. The molecule has 6 nitrogen and oxygen atoms in total. The summed E-state index contributed by atoms with van der Waals surface area (Å²) in [5, 5.41) is 19.2. The smallest absolute Gasteiger partial charge is 0.248 e. The third-order valence-electron chi connectivity index (χ3n) is 14.3. The van der Waals surface area contributed by atoms with Crippen LogP contribution in [0.4, 0.5) is 0 Å². The summed E-state index contributed by atoms with van der Waals surface area (Å²) >= 11 is 1.73. The van der Waals surface area contributed by atoms with Gasteiger partial charge < -0.3 is 14.5 Å². The van der Waals surface area contributed by atoms with E-state index in [1.807, 2.05) is 105 Å². The van der Waals surface area contributed by atoms with Crippen LogP contribution in [0.5, 0.6) is 5.75 Å². The number of nitrogens with zero attached hydrogens (tertiary/aromatic N) is 4. The van der Waals surface area contributed by atoms with Gasteiger partial charge in [-0.3, -0.25) is 4.99 Å². The summed E-state index contributed by atoms with van der Waals surface area (Å²) in [5.41, 5.74) is 33.1. The molecule has 9 aromatic rings. The molecule has 0 amide bonds. The summed E-state index contributed by atoms with van der Waals surface area (Å²) < 4.78 is 6.98. The first kappa shape index (κ1) is 64.3. The number of aryl methyl sites for hydroxylation is 6. The second-order valence-corrected chi connectivity index (χ2v) is 22.1. The SMILES string of the molecule is C=C=C=C=C=C=C=CC1(CCCCCCCC)c2cc(C)ccc2-c2ccc(C)cc21.CCCCCCN=Cc1cc(C)cc(C)c1O.Cc1ccc(-c2nnc(-c3ccc(C)cc3)o2)cc1.[HH].[HH].[HH].[HH].[HH].[HH].[HH].[HH].[Ir].[c-]1c(-c2ccccn2)sc2ccccc12. The van der Waals surface area contributed by atoms with Gasteiger partial charge in [-0.2, -0.15) is 0 Å². The molecule has 1 radical (unpaired) electrons. The number of aliphatic imine (C=N–C) groups is 1. The van der Waals surface area contributed by atoms with Crippen molar-refractivity contribution in [3.05, 3.63) is 249 Å². The zero-order chi connectivity index (χ0) is 58.1. The number of benzene rings is 6. The molecule has 0 unspecified atom stereocenters. The van der Waals surface area contributed by atoms with E-state index in [2.05, 4.69) is 169 Å². The maximum Gasteiger partial charge on any atom is 0.248 e. The molecule has 10 rings (SSSR count). The Labute approximate surface area is 523 Å². The molecule has 0 aliphatic heterocycles. The zero-order valence-electron chi connectivity index (χ0n) is 49.6. The second kappa shape index (κ2) is 33.3. The van der Waals surface area contributed by atoms with Crippen LogP contribution in [0.2, 0.25) is 0 Å². The maximum absolute atomic E-state index is 9.87. The average Bonchev–Trinajstić information content (AvgIpc) is 1.57. The first-order chi connectivity index (χ1) is 39.9. The van der Waals surface area contributed by atoms with Crippen LogP contribution in [0.25, 0.3) is 54.7 Å². The van der Waals surface area contributed by atoms with Crippen molar-refractivity contribution in [2.75, 3.05) is 6.54 Å². The van der Waals surface area contributed by atoms with E-state index in [4.69, 9.17) is 4.42 Å². The molecule has 1 N–H and O–H groups in total. The number of thiophene rings is 1. The Kier molecular flexibility index (Phi) is 25.8. The Balaban J connectivity index is -0.00000114. The Morgan fingerprint density at radius 1 is 0.627 bits per heavy atom. The number of phenols is 1. The van der Waals surface area contributed by atoms with Crippen molar-refractivity contribution in [2.45, 2.75) is 131 Å². The number of aromatic hydroxyl groups is 1. The first-order valence-electron chi connectivity index (χ1n) is 28.9. The van der Waals surface area contributed by atoms with Crippen molar-refractivity contribution < 1.29 is 41.0 Å². The molecular formula is C75H93IrN4O2S-. The molecule has 0 saturated heterocycles. The number of hydrogen-bond acceptors (Lipinski definition) is 7. The largest absolute Gasteiger partial charge is 0.507 e. The van der Waals surface area contributed by atoms with Gasteiger partial charge in [-0.05, 0) is 169 Å². The minimum absolute atomic E-state index is 0. The number of allylic oxidation sites excluding steroid dienone is 1. The van der Waals surface area contributed by atoms with Gasteiger partial charge in [0, 0.05) is 78.3 Å². The molecule has 0 saturated carbocycles. The van der Waals surface area contributed by atoms with E-state index in [-0.39, 0.29) is 36.9 Å². The zero-order valence-corrected chi connectivity index (χ0v) is 52.8. The van der Waals surface area contributed by atoms with Crippen molar-refractivity contribution in [3.8, 4) is 50.4 Å². The van der Waals surface area contributed by atoms with Crippen molar-refractivity contribution in [1.29, 1.82) is 0 Å². The summed E-state index contributed by atoms with van der Waals surface area (Å²) in [6.07, 6.45) is 19.5. The van der Waals surface area contributed by atoms with Crippen molar-refractivity contribution >= 4 is 27.6 Å². The molecular weight excluding hydrogens is 1210 g/mol. The molecule has 83 heavy (non-hydrogen) atoms. The van der Waals surface area contributed by atoms with Gasteiger partial charge in [0.15, 0.2) is 0 Å². The van der Waals surface area contributed by atoms with Crippen LogP contribution in [-0.2, 0) is 25.5 Å². The van der Waals surface area contributed by atoms with Crippen LogP contribution in [0, 0.1) is 47.6 Å². The molecule has 0 fully saturated rings. The topological polar surface area (TPSA) is 84.4 Å². The number of hydrogen-bond donors (Lipinski definition) is 1. The van der Waals surface area contributed by atoms with Gasteiger partial charge in [0.1, 0.15) is 5.75 Å². The van der Waals surface area contributed by atoms with E-state index in [9.17, 15) is 5.11 Å². The van der Waals surface area contributed by atoms with E-state index >= 15 is 0 Å². The Hall–Kier alpha value is -7.89. The number of fused-ring (bicyclic) bond motifs is 4. The minimum Gasteiger partial charge on any atom is -0.507 e. The van der Waals surface area contributed by atoms with Crippen LogP contribution < -0.4 is 0 Å². The molecule has 441 valence electrons. The van der Waals surface area contributed by atoms with E-state index in [0.29, 0.717) is 17.5 Å². The van der Waals surface area contributed by atoms with Crippen molar-refractivity contribution in [3.63, 3.8) is 0 Å². The standard InChI is InChI=1S/C31H32.C16H14N2O.C15H23NO.C13H8NS.Ir.8H2/c1-5-7-9-11-13-15-21-31(22-16-14-12-10-8-6-2)29-23-25(3)17-19-27(29)28-20-18-26(4)24-30(28)31;1-11-3-7-13(8-4-11)15-17-18-16(19-15)14-9-5-12(2)6-10-14;1-4-5-6-7-8-16-11-14-10-12(2)9-13(3)15(14)17;1-2-7-12-10(5-1)9-13(15-12)11-6-3-4-8-14-11;;;;;;;;;/h17-21,23-24H,1,6,8,10,12,14,16,22H2,2-4H3;3-10H,1-2H3;9-11,17H,4-8H2,1-3H3;1-8H;;8*1H/q;;;-1;;;;;;;;;. The third kappa shape index (κ3) is 18.6. The Morgan fingerprint density at radius 2 is 1.19 bits per heavy atom. The number of phenolic OH excluding ortho intramolecular Hbond substituents is 1. The van der Waals surface area contributed by atoms with Gasteiger partial charge in [-0.25, -0.2) is 11.3 Å². The summed E-state index contributed by atoms with van der Waals surface area (Å²) in [7, 11) is 0. The van der Waals surface area contributed by atoms with Crippen LogP contribution in [-0.4, -0.2) is 33.0 Å². The molecule has 0 bridgehead atoms. The van der Waals surface area contributed by atoms with Gasteiger partial charge in [-0.1, -0.05) is 196 Å². The molecule has 1 aliphatic rings. The second-order valence-electron chi connectivity index (χ2n) is 21.1. The predicted octanol–water partition coefficient (Wildman–Crippen LogP) is 22.2. The summed E-state index contributed by atoms with van der Waals surface area (Å²) in [6.45, 7) is 21.2. The van der Waals surface area contributed by atoms with Crippen LogP contribution in [0.3, 0.4) is 0 Å². The summed E-state index contributed by atoms with van der Waals surface area (Å²) in [5.74, 6) is 1.46. The van der Waals surface area contributed by atoms with E-state index < -0.39 is 0 Å². The quantitative estimate of drug-likeness (QED) is 0.0425. The van der Waals surface area contributed by atoms with Crippen LogP contribution in [0.15, 0.2) is 202 Å². The molecule has 8 heteroatoms. The number of pyridine rings is 1. The van der Waals surface area contributed by atoms with Crippen LogP contribution >= 0.6 is 11.3 Å². The fraction of sp³-hybridized carbons (Fsp3) is 0.280. The minimum atomic E-state index is -0.180. The monoisotopic (exact) mass is 1310 g/mol. The van der Waals surface area contributed by atoms with E-state index in [1.165, 1.54) is 112 Å². The molecule has 6 aromatic carbocycles. The van der Waals surface area contributed by atoms with Crippen LogP contribution in [0.1, 0.15) is 146 Å². The van der Waals surface area contributed by atoms with Gasteiger partial charge in [0.2, 0.25) is 11.8 Å². The van der Waals surface area contributed by atoms with Crippen molar-refractivity contribution in [2.24, 2.45) is 4.99 Å². The van der Waals surface area contributed by atoms with Gasteiger partial charge in [0.05, 0.1) is 0 Å². The fourth-order valence-electron chi connectivity index (χ4n) is 9.92. The molecule has 0 atom stereocenters. The van der Waals surface area contributed by atoms with Gasteiger partial charge >= 0.3 is 0 Å². The van der Waals surface area contributed by atoms with Gasteiger partial charge in [-0.15, -0.1) is 33.8 Å². The maximum atomic E-state index is 9.87. The summed E-state index contributed by atoms with van der Waals surface area (Å²) in [6, 6.07) is 51.4. The normalized spacial score (nSPS) is 11.2. The van der Waals surface area contributed by atoms with E-state index in [0.717, 1.165) is 57.8 Å². The van der Waals surface area contributed by atoms with Gasteiger partial charge in [0.25, 0.3) is 0 Å². The molecule has 0 spiro atoms. The fourth-order valence-corrected chi connectivity index (χ4v) is 10.9.